The highest BCUT2D eigenvalue weighted by atomic mass is 28.4. The number of hydroxylamine groups is 2. The Labute approximate surface area is 252 Å². The third-order valence-electron chi connectivity index (χ3n) is 8.60. The van der Waals surface area contributed by atoms with Crippen molar-refractivity contribution >= 4 is 18.7 Å². The van der Waals surface area contributed by atoms with Crippen LogP contribution in [0.1, 0.15) is 52.8 Å². The molecule has 43 heavy (non-hydrogen) atoms. The number of hydrogen-bond acceptors (Lipinski definition) is 8. The third kappa shape index (κ3) is 5.48. The molecule has 0 amide bonds. The van der Waals surface area contributed by atoms with E-state index in [1.807, 2.05) is 26.0 Å². The van der Waals surface area contributed by atoms with E-state index in [9.17, 15) is 9.59 Å². The first-order valence-corrected chi connectivity index (χ1v) is 16.8. The fourth-order valence-corrected chi connectivity index (χ4v) is 11.2. The first-order chi connectivity index (χ1) is 20.4. The highest BCUT2D eigenvalue weighted by Gasteiger charge is 2.59. The van der Waals surface area contributed by atoms with Crippen LogP contribution in [0.3, 0.4) is 0 Å². The summed E-state index contributed by atoms with van der Waals surface area (Å²) in [5, 5.41) is 3.93. The van der Waals surface area contributed by atoms with Crippen LogP contribution in [0, 0.1) is 6.92 Å². The second kappa shape index (κ2) is 11.2. The summed E-state index contributed by atoms with van der Waals surface area (Å²) in [5.74, 6) is -0.806. The van der Waals surface area contributed by atoms with Crippen molar-refractivity contribution in [2.45, 2.75) is 89.6 Å². The van der Waals surface area contributed by atoms with Crippen LogP contribution in [0.25, 0.3) is 0 Å². The molecule has 5 atom stereocenters. The number of ether oxygens (including phenoxy) is 3. The van der Waals surface area contributed by atoms with Crippen LogP contribution in [0.15, 0.2) is 76.4 Å². The summed E-state index contributed by atoms with van der Waals surface area (Å²) in [4.78, 5) is 33.0. The van der Waals surface area contributed by atoms with Crippen molar-refractivity contribution in [2.75, 3.05) is 13.2 Å². The SMILES string of the molecule is Cc1cn([C@H]2CCN([C@@H]3OC(CO[Si](c4ccccc4)(c4ccccc4)C(C)(C)C)[C@H]4OC(C)(C)O[C@H]43)O2)c(=O)[nH]c1=O. The van der Waals surface area contributed by atoms with E-state index in [4.69, 9.17) is 23.5 Å². The fraction of sp³-hybridized carbons (Fsp3) is 0.500. The Bertz CT molecular complexity index is 1510. The molecule has 0 spiro atoms. The van der Waals surface area contributed by atoms with Gasteiger partial charge in [-0.3, -0.25) is 19.2 Å². The van der Waals surface area contributed by atoms with Gasteiger partial charge in [0, 0.05) is 24.7 Å². The van der Waals surface area contributed by atoms with Crippen molar-refractivity contribution in [1.82, 2.24) is 14.6 Å². The fourth-order valence-electron chi connectivity index (χ4n) is 6.67. The molecule has 2 aromatic carbocycles. The number of fused-ring (bicyclic) bond motifs is 1. The third-order valence-corrected chi connectivity index (χ3v) is 13.6. The van der Waals surface area contributed by atoms with Crippen LogP contribution in [-0.2, 0) is 23.5 Å². The predicted octanol–water partition coefficient (Wildman–Crippen LogP) is 2.80. The van der Waals surface area contributed by atoms with Crippen molar-refractivity contribution in [3.63, 3.8) is 0 Å². The van der Waals surface area contributed by atoms with E-state index in [0.717, 1.165) is 0 Å². The predicted molar refractivity (Wildman–Crippen MR) is 164 cm³/mol. The summed E-state index contributed by atoms with van der Waals surface area (Å²) < 4.78 is 28.0. The number of nitrogens with one attached hydrogen (secondary N) is 1. The zero-order valence-electron chi connectivity index (χ0n) is 25.6. The van der Waals surface area contributed by atoms with Crippen molar-refractivity contribution < 1.29 is 23.5 Å². The van der Waals surface area contributed by atoms with Gasteiger partial charge in [0.15, 0.2) is 18.2 Å². The topological polar surface area (TPSA) is 104 Å². The minimum atomic E-state index is -2.81. The minimum Gasteiger partial charge on any atom is -0.405 e. The van der Waals surface area contributed by atoms with E-state index in [1.54, 1.807) is 12.0 Å². The Morgan fingerprint density at radius 2 is 1.58 bits per heavy atom. The second-order valence-corrected chi connectivity index (χ2v) is 17.4. The summed E-state index contributed by atoms with van der Waals surface area (Å²) in [6.45, 7) is 13.0. The standard InChI is InChI=1S/C32H41N3O7Si/c1-21-19-34(30(37)33-28(21)36)25-17-18-35(42-25)29-27-26(40-32(5,6)41-27)24(39-29)20-38-43(31(2,3)4,22-13-9-7-10-14-22)23-15-11-8-12-16-23/h7-16,19,24-27,29H,17-18,20H2,1-6H3,(H,33,36,37)/t24?,25-,26-,27-,29-/m1/s1. The van der Waals surface area contributed by atoms with Crippen LogP contribution < -0.4 is 21.6 Å². The van der Waals surface area contributed by atoms with E-state index in [-0.39, 0.29) is 11.1 Å². The van der Waals surface area contributed by atoms with Crippen LogP contribution in [0.5, 0.6) is 0 Å². The number of benzene rings is 2. The zero-order valence-corrected chi connectivity index (χ0v) is 26.6. The highest BCUT2D eigenvalue weighted by molar-refractivity contribution is 6.99. The molecule has 0 bridgehead atoms. The molecule has 1 unspecified atom stereocenters. The normalized spacial score (nSPS) is 27.4. The molecular weight excluding hydrogens is 566 g/mol. The van der Waals surface area contributed by atoms with Crippen molar-refractivity contribution in [3.05, 3.63) is 93.3 Å². The lowest BCUT2D eigenvalue weighted by atomic mass is 10.1. The number of hydrogen-bond donors (Lipinski definition) is 1. The first-order valence-electron chi connectivity index (χ1n) is 14.9. The van der Waals surface area contributed by atoms with Gasteiger partial charge in [0.05, 0.1) is 6.61 Å². The van der Waals surface area contributed by atoms with Crippen LogP contribution in [0.4, 0.5) is 0 Å². The number of aromatic amines is 1. The molecule has 10 nitrogen and oxygen atoms in total. The summed E-state index contributed by atoms with van der Waals surface area (Å²) >= 11 is 0. The van der Waals surface area contributed by atoms with E-state index >= 15 is 0 Å². The quantitative estimate of drug-likeness (QED) is 0.409. The number of aromatic nitrogens is 2. The maximum Gasteiger partial charge on any atom is 0.330 e. The monoisotopic (exact) mass is 607 g/mol. The number of rotatable bonds is 7. The molecule has 3 saturated heterocycles. The molecule has 3 aliphatic heterocycles. The summed E-state index contributed by atoms with van der Waals surface area (Å²) in [6, 6.07) is 21.0. The van der Waals surface area contributed by atoms with Crippen molar-refractivity contribution in [3.8, 4) is 0 Å². The Kier molecular flexibility index (Phi) is 7.87. The first kappa shape index (κ1) is 30.1. The van der Waals surface area contributed by atoms with E-state index in [0.29, 0.717) is 25.1 Å². The molecule has 0 radical (unpaired) electrons. The average Bonchev–Trinajstić information content (AvgIpc) is 3.65. The van der Waals surface area contributed by atoms with Gasteiger partial charge in [0.25, 0.3) is 13.9 Å². The molecule has 230 valence electrons. The lowest BCUT2D eigenvalue weighted by Gasteiger charge is -2.43. The number of nitrogens with zero attached hydrogens (tertiary/aromatic N) is 2. The molecular formula is C32H41N3O7Si. The Hall–Kier alpha value is -2.90. The summed E-state index contributed by atoms with van der Waals surface area (Å²) in [7, 11) is -2.81. The van der Waals surface area contributed by atoms with Gasteiger partial charge < -0.3 is 18.6 Å². The molecule has 0 aliphatic carbocycles. The molecule has 3 aromatic rings. The molecule has 11 heteroatoms. The van der Waals surface area contributed by atoms with Crippen LogP contribution in [0.2, 0.25) is 5.04 Å². The number of H-pyrrole nitrogens is 1. The largest absolute Gasteiger partial charge is 0.405 e. The molecule has 0 saturated carbocycles. The molecule has 4 heterocycles. The lowest BCUT2D eigenvalue weighted by Crippen LogP contribution is -2.67. The molecule has 6 rings (SSSR count). The average molecular weight is 608 g/mol. The molecule has 3 aliphatic rings. The van der Waals surface area contributed by atoms with Gasteiger partial charge in [-0.2, -0.15) is 5.06 Å². The van der Waals surface area contributed by atoms with Gasteiger partial charge in [0.1, 0.15) is 18.3 Å². The Morgan fingerprint density at radius 3 is 2.19 bits per heavy atom. The van der Waals surface area contributed by atoms with Gasteiger partial charge in [-0.05, 0) is 36.2 Å². The van der Waals surface area contributed by atoms with Gasteiger partial charge >= 0.3 is 5.69 Å². The minimum absolute atomic E-state index is 0.188. The van der Waals surface area contributed by atoms with E-state index in [2.05, 4.69) is 74.3 Å². The van der Waals surface area contributed by atoms with Crippen molar-refractivity contribution in [2.24, 2.45) is 0 Å². The number of aryl methyl sites for hydroxylation is 1. The lowest BCUT2D eigenvalue weighted by molar-refractivity contribution is -0.284. The van der Waals surface area contributed by atoms with Gasteiger partial charge in [-0.1, -0.05) is 81.4 Å². The van der Waals surface area contributed by atoms with Gasteiger partial charge in [-0.25, -0.2) is 4.79 Å². The maximum absolute atomic E-state index is 12.5. The maximum atomic E-state index is 12.5. The summed E-state index contributed by atoms with van der Waals surface area (Å²) in [5.41, 5.74) is -0.472. The molecule has 1 aromatic heterocycles. The smallest absolute Gasteiger partial charge is 0.330 e. The molecule has 3 fully saturated rings. The Balaban J connectivity index is 1.28. The van der Waals surface area contributed by atoms with Gasteiger partial charge in [-0.15, -0.1) is 0 Å². The van der Waals surface area contributed by atoms with E-state index in [1.165, 1.54) is 21.1 Å². The van der Waals surface area contributed by atoms with Crippen LogP contribution in [-0.4, -0.2) is 66.4 Å². The van der Waals surface area contributed by atoms with Gasteiger partial charge in [0.2, 0.25) is 0 Å². The second-order valence-electron chi connectivity index (χ2n) is 13.1. The highest BCUT2D eigenvalue weighted by Crippen LogP contribution is 2.43. The Morgan fingerprint density at radius 1 is 0.977 bits per heavy atom. The summed E-state index contributed by atoms with van der Waals surface area (Å²) in [6.07, 6.45) is -0.284. The molecule has 1 N–H and O–H groups in total. The van der Waals surface area contributed by atoms with E-state index < -0.39 is 50.0 Å². The van der Waals surface area contributed by atoms with Crippen LogP contribution >= 0.6 is 0 Å². The van der Waals surface area contributed by atoms with Crippen molar-refractivity contribution in [1.29, 1.82) is 0 Å². The zero-order chi connectivity index (χ0) is 30.6.